The molecule has 5 nitrogen and oxygen atoms in total. The number of hydrogen-bond acceptors (Lipinski definition) is 5. The van der Waals surface area contributed by atoms with Crippen LogP contribution in [-0.2, 0) is 4.79 Å². The van der Waals surface area contributed by atoms with Crippen LogP contribution in [0.5, 0.6) is 11.5 Å². The van der Waals surface area contributed by atoms with Crippen LogP contribution in [0.15, 0.2) is 23.2 Å². The van der Waals surface area contributed by atoms with Gasteiger partial charge in [0.15, 0.2) is 18.1 Å². The number of aliphatic imine (C=N–C) groups is 1. The second-order valence-corrected chi connectivity index (χ2v) is 4.09. The van der Waals surface area contributed by atoms with Crippen molar-refractivity contribution in [2.24, 2.45) is 4.99 Å². The Kier molecular flexibility index (Phi) is 5.92. The van der Waals surface area contributed by atoms with E-state index in [1.54, 1.807) is 13.2 Å². The highest BCUT2D eigenvalue weighted by atomic mass is 35.5. The number of methoxy groups -OCH3 is 1. The summed E-state index contributed by atoms with van der Waals surface area (Å²) < 4.78 is 10.5. The molecule has 19 heavy (non-hydrogen) atoms. The second-order valence-electron chi connectivity index (χ2n) is 3.67. The van der Waals surface area contributed by atoms with Crippen LogP contribution in [0.3, 0.4) is 0 Å². The lowest BCUT2D eigenvalue weighted by Crippen LogP contribution is -2.19. The molecule has 0 amide bonds. The van der Waals surface area contributed by atoms with Gasteiger partial charge in [-0.25, -0.2) is 0 Å². The number of ether oxygens (including phenoxy) is 2. The average Bonchev–Trinajstić information content (AvgIpc) is 2.90. The van der Waals surface area contributed by atoms with E-state index in [0.717, 1.165) is 24.5 Å². The smallest absolute Gasteiger partial charge is 0.259 e. The minimum atomic E-state index is -0.553. The summed E-state index contributed by atoms with van der Waals surface area (Å²) in [6.07, 6.45) is 0. The van der Waals surface area contributed by atoms with Crippen LogP contribution in [0.25, 0.3) is 0 Å². The SMILES string of the molecule is COc1cc(C2=NCCN2)ccc1OCC(=O)Cl.Cl. The molecule has 1 aromatic rings. The summed E-state index contributed by atoms with van der Waals surface area (Å²) in [5.74, 6) is 1.86. The van der Waals surface area contributed by atoms with Gasteiger partial charge in [0.2, 0.25) is 0 Å². The fraction of sp³-hybridized carbons (Fsp3) is 0.333. The van der Waals surface area contributed by atoms with E-state index in [4.69, 9.17) is 21.1 Å². The fourth-order valence-corrected chi connectivity index (χ4v) is 1.71. The first-order valence-corrected chi connectivity index (χ1v) is 5.86. The van der Waals surface area contributed by atoms with Gasteiger partial charge in [-0.3, -0.25) is 9.79 Å². The van der Waals surface area contributed by atoms with Crippen molar-refractivity contribution in [3.05, 3.63) is 23.8 Å². The largest absolute Gasteiger partial charge is 0.493 e. The molecular formula is C12H14Cl2N2O3. The third kappa shape index (κ3) is 4.01. The fourth-order valence-electron chi connectivity index (χ4n) is 1.66. The molecule has 0 radical (unpaired) electrons. The summed E-state index contributed by atoms with van der Waals surface area (Å²) in [5.41, 5.74) is 0.925. The van der Waals surface area contributed by atoms with Crippen molar-refractivity contribution in [3.8, 4) is 11.5 Å². The van der Waals surface area contributed by atoms with Crippen molar-refractivity contribution >= 4 is 35.1 Å². The monoisotopic (exact) mass is 304 g/mol. The second kappa shape index (κ2) is 7.21. The number of nitrogens with one attached hydrogen (secondary N) is 1. The van der Waals surface area contributed by atoms with Gasteiger partial charge in [0.25, 0.3) is 5.24 Å². The predicted molar refractivity (Wildman–Crippen MR) is 76.0 cm³/mol. The summed E-state index contributed by atoms with van der Waals surface area (Å²) in [4.78, 5) is 15.0. The van der Waals surface area contributed by atoms with Crippen LogP contribution in [-0.4, -0.2) is 37.9 Å². The third-order valence-electron chi connectivity index (χ3n) is 2.45. The van der Waals surface area contributed by atoms with Crippen LogP contribution in [0.1, 0.15) is 5.56 Å². The molecule has 0 saturated heterocycles. The quantitative estimate of drug-likeness (QED) is 0.840. The summed E-state index contributed by atoms with van der Waals surface area (Å²) in [6, 6.07) is 5.40. The average molecular weight is 305 g/mol. The van der Waals surface area contributed by atoms with Crippen molar-refractivity contribution in [1.82, 2.24) is 5.32 Å². The van der Waals surface area contributed by atoms with Gasteiger partial charge in [-0.1, -0.05) is 0 Å². The van der Waals surface area contributed by atoms with Gasteiger partial charge in [0, 0.05) is 12.1 Å². The number of hydrogen-bond donors (Lipinski definition) is 1. The zero-order chi connectivity index (χ0) is 13.0. The van der Waals surface area contributed by atoms with E-state index in [0.29, 0.717) is 11.5 Å². The third-order valence-corrected chi connectivity index (χ3v) is 2.56. The highest BCUT2D eigenvalue weighted by Gasteiger charge is 2.12. The first-order valence-electron chi connectivity index (χ1n) is 5.48. The van der Waals surface area contributed by atoms with E-state index < -0.39 is 5.24 Å². The lowest BCUT2D eigenvalue weighted by Gasteiger charge is -2.11. The maximum Gasteiger partial charge on any atom is 0.259 e. The minimum absolute atomic E-state index is 0. The van der Waals surface area contributed by atoms with Crippen LogP contribution in [0, 0.1) is 0 Å². The highest BCUT2D eigenvalue weighted by Crippen LogP contribution is 2.28. The number of nitrogens with zero attached hydrogens (tertiary/aromatic N) is 1. The van der Waals surface area contributed by atoms with Crippen LogP contribution in [0.4, 0.5) is 0 Å². The topological polar surface area (TPSA) is 59.9 Å². The molecule has 1 heterocycles. The molecule has 0 aromatic heterocycles. The molecule has 1 N–H and O–H groups in total. The molecule has 0 fully saturated rings. The van der Waals surface area contributed by atoms with E-state index in [2.05, 4.69) is 10.3 Å². The summed E-state index contributed by atoms with van der Waals surface area (Å²) >= 11 is 5.22. The predicted octanol–water partition coefficient (Wildman–Crippen LogP) is 1.61. The Morgan fingerprint density at radius 3 is 2.84 bits per heavy atom. The van der Waals surface area contributed by atoms with E-state index >= 15 is 0 Å². The molecule has 2 rings (SSSR count). The molecular weight excluding hydrogens is 291 g/mol. The van der Waals surface area contributed by atoms with E-state index in [9.17, 15) is 4.79 Å². The zero-order valence-electron chi connectivity index (χ0n) is 10.3. The van der Waals surface area contributed by atoms with E-state index in [1.807, 2.05) is 12.1 Å². The van der Waals surface area contributed by atoms with Crippen molar-refractivity contribution in [1.29, 1.82) is 0 Å². The Bertz CT molecular complexity index is 492. The number of rotatable bonds is 5. The molecule has 1 aliphatic rings. The summed E-state index contributed by atoms with van der Waals surface area (Å²) in [5, 5.41) is 2.62. The van der Waals surface area contributed by atoms with Gasteiger partial charge in [-0.05, 0) is 29.8 Å². The molecule has 0 atom stereocenters. The molecule has 1 aromatic carbocycles. The van der Waals surface area contributed by atoms with Crippen molar-refractivity contribution < 1.29 is 14.3 Å². The lowest BCUT2D eigenvalue weighted by atomic mass is 10.2. The molecule has 0 saturated carbocycles. The Morgan fingerprint density at radius 2 is 2.26 bits per heavy atom. The lowest BCUT2D eigenvalue weighted by molar-refractivity contribution is -0.113. The maximum absolute atomic E-state index is 10.7. The normalized spacial score (nSPS) is 13.1. The molecule has 0 unspecified atom stereocenters. The van der Waals surface area contributed by atoms with Gasteiger partial charge >= 0.3 is 0 Å². The van der Waals surface area contributed by atoms with Gasteiger partial charge in [0.05, 0.1) is 13.7 Å². The summed E-state index contributed by atoms with van der Waals surface area (Å²) in [6.45, 7) is 1.43. The van der Waals surface area contributed by atoms with Crippen molar-refractivity contribution in [2.75, 3.05) is 26.8 Å². The zero-order valence-corrected chi connectivity index (χ0v) is 11.9. The first kappa shape index (κ1) is 15.6. The molecule has 0 spiro atoms. The maximum atomic E-state index is 10.7. The Morgan fingerprint density at radius 1 is 1.47 bits per heavy atom. The molecule has 0 bridgehead atoms. The number of halogens is 2. The van der Waals surface area contributed by atoms with Crippen LogP contribution < -0.4 is 14.8 Å². The van der Waals surface area contributed by atoms with Gasteiger partial charge in [-0.15, -0.1) is 12.4 Å². The Balaban J connectivity index is 0.00000180. The molecule has 7 heteroatoms. The van der Waals surface area contributed by atoms with Crippen LogP contribution in [0.2, 0.25) is 0 Å². The molecule has 1 aliphatic heterocycles. The van der Waals surface area contributed by atoms with Crippen molar-refractivity contribution in [3.63, 3.8) is 0 Å². The standard InChI is InChI=1S/C12H13ClN2O3.ClH/c1-17-10-6-8(12-14-4-5-15-12)2-3-9(10)18-7-11(13)16;/h2-3,6H,4-5,7H2,1H3,(H,14,15);1H. The number of benzene rings is 1. The summed E-state index contributed by atoms with van der Waals surface area (Å²) in [7, 11) is 1.54. The first-order chi connectivity index (χ1) is 8.70. The highest BCUT2D eigenvalue weighted by molar-refractivity contribution is 6.63. The molecule has 0 aliphatic carbocycles. The van der Waals surface area contributed by atoms with Gasteiger partial charge in [-0.2, -0.15) is 0 Å². The Labute approximate surface area is 122 Å². The van der Waals surface area contributed by atoms with E-state index in [1.165, 1.54) is 0 Å². The van der Waals surface area contributed by atoms with E-state index in [-0.39, 0.29) is 19.0 Å². The minimum Gasteiger partial charge on any atom is -0.493 e. The van der Waals surface area contributed by atoms with Gasteiger partial charge < -0.3 is 14.8 Å². The van der Waals surface area contributed by atoms with Gasteiger partial charge in [0.1, 0.15) is 5.84 Å². The number of carbonyl (C=O) groups is 1. The number of carbonyl (C=O) groups excluding carboxylic acids is 1. The number of amidine groups is 1. The van der Waals surface area contributed by atoms with Crippen molar-refractivity contribution in [2.45, 2.75) is 0 Å². The Hall–Kier alpha value is -1.46. The van der Waals surface area contributed by atoms with Crippen LogP contribution >= 0.6 is 24.0 Å². The molecule has 104 valence electrons.